The zero-order valence-corrected chi connectivity index (χ0v) is 13.6. The van der Waals surface area contributed by atoms with Crippen molar-refractivity contribution in [3.05, 3.63) is 29.6 Å². The first-order valence-corrected chi connectivity index (χ1v) is 8.08. The maximum absolute atomic E-state index is 14.0. The molecule has 1 aromatic carbocycles. The summed E-state index contributed by atoms with van der Waals surface area (Å²) in [7, 11) is 0. The Labute approximate surface area is 135 Å². The van der Waals surface area contributed by atoms with Gasteiger partial charge in [0.25, 0.3) is 0 Å². The van der Waals surface area contributed by atoms with Gasteiger partial charge in [0, 0.05) is 19.0 Å². The Kier molecular flexibility index (Phi) is 4.55. The van der Waals surface area contributed by atoms with E-state index in [1.165, 1.54) is 0 Å². The lowest BCUT2D eigenvalue weighted by Crippen LogP contribution is -2.49. The summed E-state index contributed by atoms with van der Waals surface area (Å²) in [5, 5.41) is 2.67. The summed E-state index contributed by atoms with van der Waals surface area (Å²) in [6.07, 6.45) is 1.84. The smallest absolute Gasteiger partial charge is 0.321 e. The molecule has 1 unspecified atom stereocenters. The number of urea groups is 1. The molecule has 126 valence electrons. The van der Waals surface area contributed by atoms with Gasteiger partial charge in [-0.3, -0.25) is 0 Å². The second-order valence-electron chi connectivity index (χ2n) is 6.36. The number of nitrogens with zero attached hydrogens (tertiary/aromatic N) is 1. The van der Waals surface area contributed by atoms with Crippen LogP contribution < -0.4 is 5.32 Å². The van der Waals surface area contributed by atoms with Crippen LogP contribution in [-0.2, 0) is 9.47 Å². The summed E-state index contributed by atoms with van der Waals surface area (Å²) in [5.41, 5.74) is 0.733. The molecule has 1 aromatic rings. The molecule has 23 heavy (non-hydrogen) atoms. The van der Waals surface area contributed by atoms with Crippen molar-refractivity contribution in [1.29, 1.82) is 0 Å². The van der Waals surface area contributed by atoms with Crippen LogP contribution in [0, 0.1) is 18.7 Å². The molecular weight excluding hydrogens is 299 g/mol. The highest BCUT2D eigenvalue weighted by Gasteiger charge is 2.42. The molecule has 2 saturated heterocycles. The molecule has 0 bridgehead atoms. The Balaban J connectivity index is 1.66. The fourth-order valence-corrected chi connectivity index (χ4v) is 3.29. The number of likely N-dealkylation sites (tertiary alicyclic amines) is 1. The Morgan fingerprint density at radius 2 is 2.13 bits per heavy atom. The van der Waals surface area contributed by atoms with Crippen LogP contribution in [0.15, 0.2) is 18.2 Å². The highest BCUT2D eigenvalue weighted by molar-refractivity contribution is 5.89. The van der Waals surface area contributed by atoms with Gasteiger partial charge in [-0.05, 0) is 38.3 Å². The number of carbonyl (C=O) groups is 1. The van der Waals surface area contributed by atoms with Crippen LogP contribution in [0.4, 0.5) is 14.9 Å². The number of hydrogen-bond donors (Lipinski definition) is 1. The van der Waals surface area contributed by atoms with Crippen molar-refractivity contribution in [1.82, 2.24) is 4.90 Å². The van der Waals surface area contributed by atoms with Crippen molar-refractivity contribution >= 4 is 11.7 Å². The number of piperidine rings is 1. The maximum Gasteiger partial charge on any atom is 0.321 e. The van der Waals surface area contributed by atoms with Crippen molar-refractivity contribution in [2.24, 2.45) is 5.92 Å². The Morgan fingerprint density at radius 3 is 2.87 bits per heavy atom. The van der Waals surface area contributed by atoms with E-state index in [0.717, 1.165) is 12.8 Å². The van der Waals surface area contributed by atoms with Gasteiger partial charge >= 0.3 is 6.03 Å². The zero-order valence-electron chi connectivity index (χ0n) is 13.6. The minimum Gasteiger partial charge on any atom is -0.347 e. The lowest BCUT2D eigenvalue weighted by atomic mass is 9.90. The quantitative estimate of drug-likeness (QED) is 0.910. The van der Waals surface area contributed by atoms with Gasteiger partial charge in [0.05, 0.1) is 18.9 Å². The Bertz CT molecular complexity index is 587. The highest BCUT2D eigenvalue weighted by atomic mass is 19.1. The third-order valence-electron chi connectivity index (χ3n) is 4.74. The molecule has 6 heteroatoms. The number of anilines is 1. The van der Waals surface area contributed by atoms with Crippen molar-refractivity contribution in [3.63, 3.8) is 0 Å². The summed E-state index contributed by atoms with van der Waals surface area (Å²) >= 11 is 0. The predicted octanol–water partition coefficient (Wildman–Crippen LogP) is 3.14. The highest BCUT2D eigenvalue weighted by Crippen LogP contribution is 2.34. The van der Waals surface area contributed by atoms with Crippen molar-refractivity contribution in [3.8, 4) is 0 Å². The largest absolute Gasteiger partial charge is 0.347 e. The van der Waals surface area contributed by atoms with Crippen LogP contribution in [0.25, 0.3) is 0 Å². The second kappa shape index (κ2) is 6.45. The lowest BCUT2D eigenvalue weighted by Gasteiger charge is -2.39. The molecule has 2 heterocycles. The van der Waals surface area contributed by atoms with Gasteiger partial charge in [0.2, 0.25) is 0 Å². The first kappa shape index (κ1) is 16.2. The second-order valence-corrected chi connectivity index (χ2v) is 6.36. The number of aryl methyl sites for hydroxylation is 1. The number of halogens is 1. The van der Waals surface area contributed by atoms with Gasteiger partial charge in [0.1, 0.15) is 5.82 Å². The van der Waals surface area contributed by atoms with Gasteiger partial charge < -0.3 is 19.7 Å². The number of carbonyl (C=O) groups excluding carboxylic acids is 1. The van der Waals surface area contributed by atoms with Crippen LogP contribution in [-0.4, -0.2) is 43.0 Å². The van der Waals surface area contributed by atoms with Gasteiger partial charge in [-0.15, -0.1) is 0 Å². The fourth-order valence-electron chi connectivity index (χ4n) is 3.29. The molecule has 3 rings (SSSR count). The summed E-state index contributed by atoms with van der Waals surface area (Å²) in [6, 6.07) is 4.71. The van der Waals surface area contributed by atoms with E-state index >= 15 is 0 Å². The van der Waals surface area contributed by atoms with Crippen LogP contribution >= 0.6 is 0 Å². The normalized spacial score (nSPS) is 23.8. The summed E-state index contributed by atoms with van der Waals surface area (Å²) < 4.78 is 25.5. The summed E-state index contributed by atoms with van der Waals surface area (Å²) in [4.78, 5) is 14.2. The van der Waals surface area contributed by atoms with E-state index in [-0.39, 0.29) is 23.5 Å². The molecule has 2 amide bonds. The van der Waals surface area contributed by atoms with E-state index in [9.17, 15) is 9.18 Å². The van der Waals surface area contributed by atoms with Gasteiger partial charge in [-0.25, -0.2) is 9.18 Å². The Morgan fingerprint density at radius 1 is 1.39 bits per heavy atom. The molecular formula is C17H23FN2O3. The van der Waals surface area contributed by atoms with E-state index < -0.39 is 5.79 Å². The predicted molar refractivity (Wildman–Crippen MR) is 84.8 cm³/mol. The molecule has 2 aliphatic heterocycles. The summed E-state index contributed by atoms with van der Waals surface area (Å²) in [6.45, 7) is 6.01. The minimum atomic E-state index is -0.618. The molecule has 0 spiro atoms. The molecule has 2 fully saturated rings. The first-order chi connectivity index (χ1) is 11.0. The Hall–Kier alpha value is -1.66. The SMILES string of the molecule is Cc1cccc(NC(=O)N2CCCC(C3(C)OCCO3)C2)c1F. The number of hydrogen-bond acceptors (Lipinski definition) is 3. The van der Waals surface area contributed by atoms with Crippen LogP contribution in [0.5, 0.6) is 0 Å². The maximum atomic E-state index is 14.0. The number of benzene rings is 1. The molecule has 2 aliphatic rings. The summed E-state index contributed by atoms with van der Waals surface area (Å²) in [5.74, 6) is -0.872. The van der Waals surface area contributed by atoms with Gasteiger partial charge in [0.15, 0.2) is 5.79 Å². The average molecular weight is 322 g/mol. The van der Waals surface area contributed by atoms with Crippen molar-refractivity contribution < 1.29 is 18.7 Å². The minimum absolute atomic E-state index is 0.131. The monoisotopic (exact) mass is 322 g/mol. The van der Waals surface area contributed by atoms with Gasteiger partial charge in [-0.1, -0.05) is 12.1 Å². The molecule has 0 radical (unpaired) electrons. The zero-order chi connectivity index (χ0) is 16.4. The fraction of sp³-hybridized carbons (Fsp3) is 0.588. The van der Waals surface area contributed by atoms with Crippen molar-refractivity contribution in [2.75, 3.05) is 31.6 Å². The lowest BCUT2D eigenvalue weighted by molar-refractivity contribution is -0.189. The molecule has 1 atom stereocenters. The standard InChI is InChI=1S/C17H23FN2O3/c1-12-5-3-7-14(15(12)18)19-16(21)20-8-4-6-13(11-20)17(2)22-9-10-23-17/h3,5,7,13H,4,6,8-11H2,1-2H3,(H,19,21). The number of rotatable bonds is 2. The third kappa shape index (κ3) is 3.33. The van der Waals surface area contributed by atoms with E-state index in [1.807, 2.05) is 6.92 Å². The van der Waals surface area contributed by atoms with E-state index in [0.29, 0.717) is 31.9 Å². The molecule has 5 nitrogen and oxygen atoms in total. The molecule has 1 N–H and O–H groups in total. The van der Waals surface area contributed by atoms with E-state index in [2.05, 4.69) is 5.32 Å². The number of amides is 2. The van der Waals surface area contributed by atoms with Crippen LogP contribution in [0.2, 0.25) is 0 Å². The van der Waals surface area contributed by atoms with E-state index in [1.54, 1.807) is 30.0 Å². The molecule has 0 saturated carbocycles. The number of ether oxygens (including phenoxy) is 2. The van der Waals surface area contributed by atoms with Crippen LogP contribution in [0.3, 0.4) is 0 Å². The molecule has 0 aromatic heterocycles. The van der Waals surface area contributed by atoms with Crippen molar-refractivity contribution in [2.45, 2.75) is 32.5 Å². The van der Waals surface area contributed by atoms with E-state index in [4.69, 9.17) is 9.47 Å². The topological polar surface area (TPSA) is 50.8 Å². The first-order valence-electron chi connectivity index (χ1n) is 8.08. The number of nitrogens with one attached hydrogen (secondary N) is 1. The molecule has 0 aliphatic carbocycles. The average Bonchev–Trinajstić information content (AvgIpc) is 3.00. The van der Waals surface area contributed by atoms with Gasteiger partial charge in [-0.2, -0.15) is 0 Å². The van der Waals surface area contributed by atoms with Crippen LogP contribution in [0.1, 0.15) is 25.3 Å². The third-order valence-corrected chi connectivity index (χ3v) is 4.74.